The van der Waals surface area contributed by atoms with Crippen LogP contribution in [0.15, 0.2) is 47.6 Å². The van der Waals surface area contributed by atoms with E-state index in [9.17, 15) is 8.42 Å². The van der Waals surface area contributed by atoms with Gasteiger partial charge in [0.05, 0.1) is 11.0 Å². The topological polar surface area (TPSA) is 64.0 Å². The fraction of sp³-hybridized carbons (Fsp3) is 0.167. The van der Waals surface area contributed by atoms with Crippen molar-refractivity contribution in [1.82, 2.24) is 9.55 Å². The van der Waals surface area contributed by atoms with E-state index >= 15 is 0 Å². The van der Waals surface area contributed by atoms with Gasteiger partial charge in [-0.05, 0) is 48.6 Å². The molecule has 0 aliphatic rings. The monoisotopic (exact) mass is 371 g/mol. The number of aryl methyl sites for hydroxylation is 3. The normalized spacial score (nSPS) is 12.1. The molecule has 0 amide bonds. The van der Waals surface area contributed by atoms with Crippen LogP contribution in [0.1, 0.15) is 11.1 Å². The fourth-order valence-electron chi connectivity index (χ4n) is 2.97. The summed E-state index contributed by atoms with van der Waals surface area (Å²) >= 11 is 1.43. The molecule has 0 aliphatic heterocycles. The second-order valence-electron chi connectivity index (χ2n) is 6.10. The Hall–Kier alpha value is -2.38. The lowest BCUT2D eigenvalue weighted by Crippen LogP contribution is -2.17. The van der Waals surface area contributed by atoms with Gasteiger partial charge in [-0.2, -0.15) is 8.42 Å². The van der Waals surface area contributed by atoms with Crippen molar-refractivity contribution < 1.29 is 8.42 Å². The molecule has 25 heavy (non-hydrogen) atoms. The lowest BCUT2D eigenvalue weighted by atomic mass is 10.2. The van der Waals surface area contributed by atoms with Crippen LogP contribution in [0.3, 0.4) is 0 Å². The molecule has 0 saturated carbocycles. The maximum Gasteiger partial charge on any atom is 0.296 e. The van der Waals surface area contributed by atoms with Crippen molar-refractivity contribution >= 4 is 47.5 Å². The minimum atomic E-state index is -3.78. The zero-order valence-electron chi connectivity index (χ0n) is 14.1. The van der Waals surface area contributed by atoms with Crippen molar-refractivity contribution in [2.45, 2.75) is 19.0 Å². The second kappa shape index (κ2) is 5.57. The van der Waals surface area contributed by atoms with Gasteiger partial charge in [-0.25, -0.2) is 4.98 Å². The van der Waals surface area contributed by atoms with E-state index in [1.54, 1.807) is 11.6 Å². The van der Waals surface area contributed by atoms with Crippen molar-refractivity contribution in [3.05, 3.63) is 53.6 Å². The highest BCUT2D eigenvalue weighted by atomic mass is 32.2. The second-order valence-corrected chi connectivity index (χ2v) is 8.73. The van der Waals surface area contributed by atoms with E-state index in [0.717, 1.165) is 26.7 Å². The highest BCUT2D eigenvalue weighted by Gasteiger charge is 2.24. The number of hydrogen-bond acceptors (Lipinski definition) is 4. The summed E-state index contributed by atoms with van der Waals surface area (Å²) in [6, 6.07) is 13.6. The van der Waals surface area contributed by atoms with Crippen LogP contribution in [0.5, 0.6) is 0 Å². The zero-order chi connectivity index (χ0) is 17.8. The molecular formula is C18H17N3O2S2. The molecule has 0 saturated heterocycles. The van der Waals surface area contributed by atoms with Crippen molar-refractivity contribution in [2.75, 3.05) is 4.72 Å². The molecule has 1 N–H and O–H groups in total. The third-order valence-electron chi connectivity index (χ3n) is 4.31. The molecule has 0 unspecified atom stereocenters. The Labute approximate surface area is 150 Å². The van der Waals surface area contributed by atoms with Crippen LogP contribution < -0.4 is 4.72 Å². The number of aromatic nitrogens is 2. The van der Waals surface area contributed by atoms with Gasteiger partial charge < -0.3 is 4.57 Å². The van der Waals surface area contributed by atoms with Gasteiger partial charge in [0.1, 0.15) is 5.00 Å². The Morgan fingerprint density at radius 2 is 1.88 bits per heavy atom. The Bertz CT molecular complexity index is 1220. The number of imidazole rings is 1. The number of rotatable bonds is 3. The molecule has 4 rings (SSSR count). The summed E-state index contributed by atoms with van der Waals surface area (Å²) in [7, 11) is -2.06. The SMILES string of the molecule is Cc1ccc2c(c1)nc(S(=O)(=O)Nc1sc3ccccc3c1C)n2C. The largest absolute Gasteiger partial charge is 0.316 e. The Morgan fingerprint density at radius 3 is 2.64 bits per heavy atom. The van der Waals surface area contributed by atoms with Crippen LogP contribution >= 0.6 is 11.3 Å². The maximum atomic E-state index is 12.9. The number of fused-ring (bicyclic) bond motifs is 2. The summed E-state index contributed by atoms with van der Waals surface area (Å²) < 4.78 is 31.2. The molecule has 0 fully saturated rings. The lowest BCUT2D eigenvalue weighted by molar-refractivity contribution is 0.586. The summed E-state index contributed by atoms with van der Waals surface area (Å²) in [5, 5.41) is 1.71. The van der Waals surface area contributed by atoms with E-state index in [2.05, 4.69) is 9.71 Å². The van der Waals surface area contributed by atoms with Gasteiger partial charge in [-0.1, -0.05) is 24.3 Å². The van der Waals surface area contributed by atoms with Crippen molar-refractivity contribution in [1.29, 1.82) is 0 Å². The van der Waals surface area contributed by atoms with Gasteiger partial charge in [0.2, 0.25) is 5.16 Å². The summed E-state index contributed by atoms with van der Waals surface area (Å²) in [6.07, 6.45) is 0. The zero-order valence-corrected chi connectivity index (χ0v) is 15.7. The predicted molar refractivity (Wildman–Crippen MR) is 103 cm³/mol. The lowest BCUT2D eigenvalue weighted by Gasteiger charge is -2.07. The van der Waals surface area contributed by atoms with E-state index < -0.39 is 10.0 Å². The average Bonchev–Trinajstić information content (AvgIpc) is 3.06. The van der Waals surface area contributed by atoms with Crippen LogP contribution in [0.2, 0.25) is 0 Å². The third-order valence-corrected chi connectivity index (χ3v) is 6.94. The van der Waals surface area contributed by atoms with E-state index in [4.69, 9.17) is 0 Å². The van der Waals surface area contributed by atoms with Gasteiger partial charge in [-0.15, -0.1) is 11.3 Å². The third kappa shape index (κ3) is 2.60. The molecule has 2 aromatic heterocycles. The highest BCUT2D eigenvalue weighted by Crippen LogP contribution is 2.36. The van der Waals surface area contributed by atoms with Gasteiger partial charge in [-0.3, -0.25) is 4.72 Å². The van der Waals surface area contributed by atoms with Crippen LogP contribution in [0.25, 0.3) is 21.1 Å². The van der Waals surface area contributed by atoms with Crippen molar-refractivity contribution in [3.63, 3.8) is 0 Å². The number of nitrogens with one attached hydrogen (secondary N) is 1. The Morgan fingerprint density at radius 1 is 1.12 bits per heavy atom. The minimum Gasteiger partial charge on any atom is -0.316 e. The molecule has 2 heterocycles. The number of hydrogen-bond donors (Lipinski definition) is 1. The first-order valence-electron chi connectivity index (χ1n) is 7.81. The van der Waals surface area contributed by atoms with Crippen molar-refractivity contribution in [3.8, 4) is 0 Å². The summed E-state index contributed by atoms with van der Waals surface area (Å²) in [6.45, 7) is 3.88. The number of anilines is 1. The number of thiophene rings is 1. The predicted octanol–water partition coefficient (Wildman–Crippen LogP) is 4.21. The van der Waals surface area contributed by atoms with E-state index in [1.807, 2.05) is 56.3 Å². The molecule has 0 atom stereocenters. The summed E-state index contributed by atoms with van der Waals surface area (Å²) in [5.41, 5.74) is 3.44. The number of benzene rings is 2. The van der Waals surface area contributed by atoms with Crippen LogP contribution in [0.4, 0.5) is 5.00 Å². The van der Waals surface area contributed by atoms with Gasteiger partial charge >= 0.3 is 0 Å². The minimum absolute atomic E-state index is 0.0185. The van der Waals surface area contributed by atoms with Gasteiger partial charge in [0, 0.05) is 11.7 Å². The fourth-order valence-corrected chi connectivity index (χ4v) is 5.59. The highest BCUT2D eigenvalue weighted by molar-refractivity contribution is 7.92. The first kappa shape index (κ1) is 16.1. The van der Waals surface area contributed by atoms with Gasteiger partial charge in [0.15, 0.2) is 0 Å². The smallest absolute Gasteiger partial charge is 0.296 e. The Kier molecular flexibility index (Phi) is 3.59. The molecule has 2 aromatic carbocycles. The molecule has 0 radical (unpaired) electrons. The summed E-state index contributed by atoms with van der Waals surface area (Å²) in [5.74, 6) is 0. The van der Waals surface area contributed by atoms with Crippen LogP contribution in [-0.2, 0) is 17.1 Å². The average molecular weight is 371 g/mol. The molecule has 0 aliphatic carbocycles. The molecule has 0 spiro atoms. The molecule has 0 bridgehead atoms. The van der Waals surface area contributed by atoms with E-state index in [1.165, 1.54) is 11.3 Å². The quantitative estimate of drug-likeness (QED) is 0.587. The standard InChI is InChI=1S/C18H17N3O2S2/c1-11-8-9-15-14(10-11)19-18(21(15)3)25(22,23)20-17-12(2)13-6-4-5-7-16(13)24-17/h4-10,20H,1-3H3. The molecule has 4 aromatic rings. The Balaban J connectivity index is 1.81. The molecule has 128 valence electrons. The van der Waals surface area contributed by atoms with E-state index in [0.29, 0.717) is 10.5 Å². The van der Waals surface area contributed by atoms with E-state index in [-0.39, 0.29) is 5.16 Å². The molecular weight excluding hydrogens is 354 g/mol. The van der Waals surface area contributed by atoms with Crippen LogP contribution in [0, 0.1) is 13.8 Å². The van der Waals surface area contributed by atoms with Gasteiger partial charge in [0.25, 0.3) is 10.0 Å². The first-order chi connectivity index (χ1) is 11.9. The summed E-state index contributed by atoms with van der Waals surface area (Å²) in [4.78, 5) is 4.34. The first-order valence-corrected chi connectivity index (χ1v) is 10.1. The van der Waals surface area contributed by atoms with Crippen LogP contribution in [-0.4, -0.2) is 18.0 Å². The van der Waals surface area contributed by atoms with Crippen molar-refractivity contribution in [2.24, 2.45) is 7.05 Å². The maximum absolute atomic E-state index is 12.9. The number of nitrogens with zero attached hydrogens (tertiary/aromatic N) is 2. The number of sulfonamides is 1. The molecule has 5 nitrogen and oxygen atoms in total. The molecule has 7 heteroatoms.